The second-order valence-electron chi connectivity index (χ2n) is 2.40. The normalized spacial score (nSPS) is 9.08. The number of benzene rings is 1. The van der Waals surface area contributed by atoms with Gasteiger partial charge in [-0.1, -0.05) is 30.3 Å². The van der Waals surface area contributed by atoms with Crippen molar-refractivity contribution in [1.82, 2.24) is 5.01 Å². The summed E-state index contributed by atoms with van der Waals surface area (Å²) in [6.07, 6.45) is 0. The predicted octanol–water partition coefficient (Wildman–Crippen LogP) is -0.189. The number of nitrogens with two attached hydrogens (primary N) is 3. The van der Waals surface area contributed by atoms with Gasteiger partial charge in [-0.2, -0.15) is 0 Å². The summed E-state index contributed by atoms with van der Waals surface area (Å²) in [4.78, 5) is 0. The molecule has 12 heavy (non-hydrogen) atoms. The number of rotatable bonds is 2. The molecule has 68 valence electrons. The van der Waals surface area contributed by atoms with Gasteiger partial charge in [0.25, 0.3) is 0 Å². The first kappa shape index (κ1) is 11.1. The zero-order chi connectivity index (χ0) is 9.40. The first-order chi connectivity index (χ1) is 5.79. The van der Waals surface area contributed by atoms with Crippen molar-refractivity contribution in [3.8, 4) is 0 Å². The van der Waals surface area contributed by atoms with Gasteiger partial charge in [-0.05, 0) is 5.56 Å². The van der Waals surface area contributed by atoms with Crippen LogP contribution in [0.15, 0.2) is 30.3 Å². The van der Waals surface area contributed by atoms with Crippen LogP contribution in [0, 0.1) is 0 Å². The third kappa shape index (κ3) is 4.81. The minimum atomic E-state index is 0.806. The van der Waals surface area contributed by atoms with E-state index in [2.05, 4.69) is 23.8 Å². The Kier molecular flexibility index (Phi) is 6.22. The van der Waals surface area contributed by atoms with E-state index >= 15 is 0 Å². The Hall–Kier alpha value is -0.940. The maximum atomic E-state index is 5.46. The summed E-state index contributed by atoms with van der Waals surface area (Å²) in [5.41, 5.74) is 1.24. The highest BCUT2D eigenvalue weighted by molar-refractivity contribution is 5.13. The quantitative estimate of drug-likeness (QED) is 0.422. The van der Waals surface area contributed by atoms with Gasteiger partial charge in [0.05, 0.1) is 0 Å². The van der Waals surface area contributed by atoms with Crippen LogP contribution in [0.4, 0.5) is 0 Å². The third-order valence-corrected chi connectivity index (χ3v) is 1.27. The average molecular weight is 168 g/mol. The van der Waals surface area contributed by atoms with E-state index in [1.165, 1.54) is 5.56 Å². The number of hydrazine groups is 2. The Bertz CT molecular complexity index is 186. The molecule has 4 heteroatoms. The molecule has 0 aliphatic carbocycles. The van der Waals surface area contributed by atoms with E-state index in [0.717, 1.165) is 6.54 Å². The SMILES string of the molecule is CN(N)Cc1ccccc1.NN. The summed E-state index contributed by atoms with van der Waals surface area (Å²) >= 11 is 0. The Morgan fingerprint density at radius 1 is 1.17 bits per heavy atom. The summed E-state index contributed by atoms with van der Waals surface area (Å²) in [6, 6.07) is 10.1. The van der Waals surface area contributed by atoms with Crippen molar-refractivity contribution in [3.05, 3.63) is 35.9 Å². The van der Waals surface area contributed by atoms with Crippen molar-refractivity contribution in [2.45, 2.75) is 6.54 Å². The average Bonchev–Trinajstić information content (AvgIpc) is 2.08. The maximum absolute atomic E-state index is 5.46. The van der Waals surface area contributed by atoms with Gasteiger partial charge in [-0.25, -0.2) is 5.01 Å². The molecule has 0 aliphatic rings. The number of hydrogen-bond donors (Lipinski definition) is 3. The molecular formula is C8H16N4. The lowest BCUT2D eigenvalue weighted by Gasteiger charge is -2.07. The van der Waals surface area contributed by atoms with Crippen LogP contribution in [-0.4, -0.2) is 12.1 Å². The summed E-state index contributed by atoms with van der Waals surface area (Å²) in [7, 11) is 1.85. The Morgan fingerprint density at radius 2 is 1.67 bits per heavy atom. The molecule has 0 unspecified atom stereocenters. The van der Waals surface area contributed by atoms with Gasteiger partial charge in [0.1, 0.15) is 0 Å². The molecule has 0 aliphatic heterocycles. The highest BCUT2D eigenvalue weighted by atomic mass is 15.4. The summed E-state index contributed by atoms with van der Waals surface area (Å²) in [5, 5.41) is 1.66. The van der Waals surface area contributed by atoms with Crippen molar-refractivity contribution in [2.24, 2.45) is 17.5 Å². The lowest BCUT2D eigenvalue weighted by atomic mass is 10.2. The largest absolute Gasteiger partial charge is 0.274 e. The minimum absolute atomic E-state index is 0.806. The zero-order valence-corrected chi connectivity index (χ0v) is 7.27. The Balaban J connectivity index is 0.000000561. The van der Waals surface area contributed by atoms with Crippen molar-refractivity contribution >= 4 is 0 Å². The molecule has 0 bridgehead atoms. The zero-order valence-electron chi connectivity index (χ0n) is 7.27. The topological polar surface area (TPSA) is 81.3 Å². The van der Waals surface area contributed by atoms with Crippen molar-refractivity contribution in [3.63, 3.8) is 0 Å². The molecule has 0 saturated heterocycles. The van der Waals surface area contributed by atoms with Crippen LogP contribution in [-0.2, 0) is 6.54 Å². The minimum Gasteiger partial charge on any atom is -0.274 e. The van der Waals surface area contributed by atoms with E-state index in [1.807, 2.05) is 25.2 Å². The van der Waals surface area contributed by atoms with Gasteiger partial charge in [-0.3, -0.25) is 17.5 Å². The Labute approximate surface area is 72.9 Å². The van der Waals surface area contributed by atoms with E-state index in [0.29, 0.717) is 0 Å². The Morgan fingerprint density at radius 3 is 2.08 bits per heavy atom. The first-order valence-electron chi connectivity index (χ1n) is 3.62. The molecule has 6 N–H and O–H groups in total. The molecule has 4 nitrogen and oxygen atoms in total. The van der Waals surface area contributed by atoms with Crippen LogP contribution in [0.25, 0.3) is 0 Å². The van der Waals surface area contributed by atoms with Crippen LogP contribution in [0.2, 0.25) is 0 Å². The molecule has 1 aromatic rings. The molecule has 0 saturated carbocycles. The van der Waals surface area contributed by atoms with Crippen molar-refractivity contribution in [1.29, 1.82) is 0 Å². The van der Waals surface area contributed by atoms with Gasteiger partial charge in [-0.15, -0.1) is 0 Å². The van der Waals surface area contributed by atoms with Crippen molar-refractivity contribution < 1.29 is 0 Å². The van der Waals surface area contributed by atoms with Crippen LogP contribution in [0.5, 0.6) is 0 Å². The lowest BCUT2D eigenvalue weighted by molar-refractivity contribution is 0.341. The molecule has 0 heterocycles. The predicted molar refractivity (Wildman–Crippen MR) is 50.5 cm³/mol. The van der Waals surface area contributed by atoms with E-state index in [1.54, 1.807) is 5.01 Å². The monoisotopic (exact) mass is 168 g/mol. The van der Waals surface area contributed by atoms with E-state index in [-0.39, 0.29) is 0 Å². The number of nitrogens with zero attached hydrogens (tertiary/aromatic N) is 1. The van der Waals surface area contributed by atoms with Crippen LogP contribution in [0.1, 0.15) is 5.56 Å². The summed E-state index contributed by atoms with van der Waals surface area (Å²) < 4.78 is 0. The van der Waals surface area contributed by atoms with Crippen LogP contribution < -0.4 is 17.5 Å². The second-order valence-corrected chi connectivity index (χ2v) is 2.40. The summed E-state index contributed by atoms with van der Waals surface area (Å²) in [5.74, 6) is 13.5. The molecular weight excluding hydrogens is 152 g/mol. The second kappa shape index (κ2) is 6.75. The van der Waals surface area contributed by atoms with Crippen molar-refractivity contribution in [2.75, 3.05) is 7.05 Å². The molecule has 0 radical (unpaired) electrons. The van der Waals surface area contributed by atoms with Gasteiger partial charge in [0.2, 0.25) is 0 Å². The fourth-order valence-corrected chi connectivity index (χ4v) is 0.871. The smallest absolute Gasteiger partial charge is 0.0376 e. The standard InChI is InChI=1S/C8H12N2.H4N2/c1-10(9)7-8-5-3-2-4-6-8;1-2/h2-6H,7,9H2,1H3;1-2H2. The van der Waals surface area contributed by atoms with Gasteiger partial charge in [0.15, 0.2) is 0 Å². The molecule has 0 fully saturated rings. The molecule has 1 rings (SSSR count). The fraction of sp³-hybridized carbons (Fsp3) is 0.250. The molecule has 0 amide bonds. The highest BCUT2D eigenvalue weighted by Gasteiger charge is 1.90. The summed E-state index contributed by atoms with van der Waals surface area (Å²) in [6.45, 7) is 0.806. The number of hydrogen-bond acceptors (Lipinski definition) is 4. The third-order valence-electron chi connectivity index (χ3n) is 1.27. The maximum Gasteiger partial charge on any atom is 0.0376 e. The van der Waals surface area contributed by atoms with E-state index < -0.39 is 0 Å². The highest BCUT2D eigenvalue weighted by Crippen LogP contribution is 1.98. The fourth-order valence-electron chi connectivity index (χ4n) is 0.871. The molecule has 0 spiro atoms. The van der Waals surface area contributed by atoms with Crippen LogP contribution in [0.3, 0.4) is 0 Å². The van der Waals surface area contributed by atoms with Crippen LogP contribution >= 0.6 is 0 Å². The van der Waals surface area contributed by atoms with Gasteiger partial charge < -0.3 is 0 Å². The first-order valence-corrected chi connectivity index (χ1v) is 3.62. The molecule has 1 aromatic carbocycles. The van der Waals surface area contributed by atoms with Gasteiger partial charge >= 0.3 is 0 Å². The lowest BCUT2D eigenvalue weighted by Crippen LogP contribution is -2.24. The van der Waals surface area contributed by atoms with E-state index in [9.17, 15) is 0 Å². The molecule has 0 aromatic heterocycles. The molecule has 0 atom stereocenters. The van der Waals surface area contributed by atoms with E-state index in [4.69, 9.17) is 5.84 Å². The van der Waals surface area contributed by atoms with Gasteiger partial charge in [0, 0.05) is 13.6 Å².